The van der Waals surface area contributed by atoms with Crippen LogP contribution in [0.2, 0.25) is 0 Å². The molecule has 4 atom stereocenters. The third-order valence-corrected chi connectivity index (χ3v) is 9.31. The molecule has 174 valence electrons. The standard InChI is InChI=1S/C25H23FN4O3S/c1-2-28-19-16-10-34-23-18(24(32)33)22(31)12-7-15(26)21(17(19)20(12)30(16)23)29-8-13-11-3-5-25(27,6-4-11)14(13)9-29/h3,5,7,10-11,13-14H,2,4,6,8-9,27H2,1H3,(H,32,33). The number of carbonyl (C=O) groups is 1. The van der Waals surface area contributed by atoms with Crippen LogP contribution in [-0.4, -0.2) is 40.6 Å². The Kier molecular flexibility index (Phi) is 3.92. The normalized spacial score (nSPS) is 28.9. The smallest absolute Gasteiger partial charge is 0.342 e. The van der Waals surface area contributed by atoms with Crippen molar-refractivity contribution in [3.05, 3.63) is 50.6 Å². The summed E-state index contributed by atoms with van der Waals surface area (Å²) >= 11 is 1.21. The Bertz CT molecular complexity index is 1670. The molecule has 4 aliphatic rings. The lowest BCUT2D eigenvalue weighted by molar-refractivity contribution is 0.0697. The van der Waals surface area contributed by atoms with E-state index in [4.69, 9.17) is 10.7 Å². The van der Waals surface area contributed by atoms with Gasteiger partial charge in [-0.25, -0.2) is 9.18 Å². The number of benzene rings is 1. The average Bonchev–Trinajstić information content (AvgIpc) is 3.50. The van der Waals surface area contributed by atoms with Gasteiger partial charge in [-0.2, -0.15) is 0 Å². The number of aromatic nitrogens is 1. The number of hydrogen-bond acceptors (Lipinski definition) is 6. The van der Waals surface area contributed by atoms with Crippen molar-refractivity contribution >= 4 is 49.6 Å². The summed E-state index contributed by atoms with van der Waals surface area (Å²) in [5.74, 6) is -0.755. The highest BCUT2D eigenvalue weighted by atomic mass is 32.1. The maximum atomic E-state index is 15.9. The first kappa shape index (κ1) is 20.3. The summed E-state index contributed by atoms with van der Waals surface area (Å²) in [4.78, 5) is 32.3. The summed E-state index contributed by atoms with van der Waals surface area (Å²) in [5, 5.41) is 12.9. The second-order valence-electron chi connectivity index (χ2n) is 9.92. The zero-order chi connectivity index (χ0) is 23.5. The number of thiazole rings is 1. The number of halogens is 1. The van der Waals surface area contributed by atoms with Crippen LogP contribution < -0.4 is 21.4 Å². The van der Waals surface area contributed by atoms with E-state index in [-0.39, 0.29) is 22.4 Å². The number of carboxylic acids is 1. The zero-order valence-electron chi connectivity index (χ0n) is 18.5. The number of nitrogens with zero attached hydrogens (tertiary/aromatic N) is 3. The molecule has 3 N–H and O–H groups in total. The first-order valence-corrected chi connectivity index (χ1v) is 12.6. The van der Waals surface area contributed by atoms with E-state index >= 15 is 4.39 Å². The Balaban J connectivity index is 1.55. The van der Waals surface area contributed by atoms with E-state index in [0.29, 0.717) is 63.8 Å². The van der Waals surface area contributed by atoms with Gasteiger partial charge in [-0.3, -0.25) is 14.2 Å². The van der Waals surface area contributed by atoms with Crippen molar-refractivity contribution in [3.8, 4) is 0 Å². The van der Waals surface area contributed by atoms with Crippen LogP contribution in [0.5, 0.6) is 0 Å². The number of rotatable bonds is 3. The molecule has 2 fully saturated rings. The van der Waals surface area contributed by atoms with Gasteiger partial charge in [-0.05, 0) is 37.7 Å². The molecule has 8 rings (SSSR count). The van der Waals surface area contributed by atoms with Gasteiger partial charge in [0, 0.05) is 36.5 Å². The first-order valence-electron chi connectivity index (χ1n) is 11.7. The largest absolute Gasteiger partial charge is 0.477 e. The lowest BCUT2D eigenvalue weighted by Crippen LogP contribution is -2.55. The number of aromatic carboxylic acids is 1. The fourth-order valence-corrected chi connectivity index (χ4v) is 7.93. The molecule has 2 bridgehead atoms. The van der Waals surface area contributed by atoms with Crippen molar-refractivity contribution < 1.29 is 14.3 Å². The molecule has 9 heteroatoms. The summed E-state index contributed by atoms with van der Waals surface area (Å²) in [7, 11) is 0. The third kappa shape index (κ3) is 2.31. The predicted molar refractivity (Wildman–Crippen MR) is 130 cm³/mol. The van der Waals surface area contributed by atoms with Gasteiger partial charge in [-0.1, -0.05) is 12.2 Å². The summed E-state index contributed by atoms with van der Waals surface area (Å²) in [6.07, 6.45) is 6.40. The molecule has 3 aromatic heterocycles. The highest BCUT2D eigenvalue weighted by molar-refractivity contribution is 7.16. The third-order valence-electron chi connectivity index (χ3n) is 8.36. The molecule has 0 amide bonds. The Labute approximate surface area is 197 Å². The first-order chi connectivity index (χ1) is 16.3. The van der Waals surface area contributed by atoms with Crippen LogP contribution in [0.1, 0.15) is 30.1 Å². The van der Waals surface area contributed by atoms with Crippen LogP contribution in [0.25, 0.3) is 26.6 Å². The molecule has 1 saturated carbocycles. The molecule has 1 saturated heterocycles. The van der Waals surface area contributed by atoms with Gasteiger partial charge in [0.1, 0.15) is 16.2 Å². The Morgan fingerprint density at radius 3 is 2.91 bits per heavy atom. The molecule has 0 radical (unpaired) electrons. The monoisotopic (exact) mass is 478 g/mol. The zero-order valence-corrected chi connectivity index (χ0v) is 19.4. The van der Waals surface area contributed by atoms with Gasteiger partial charge in [0.05, 0.1) is 32.9 Å². The van der Waals surface area contributed by atoms with Crippen molar-refractivity contribution in [2.75, 3.05) is 24.5 Å². The number of carboxylic acid groups (broad SMARTS) is 1. The Morgan fingerprint density at radius 1 is 1.41 bits per heavy atom. The van der Waals surface area contributed by atoms with Crippen LogP contribution in [0.4, 0.5) is 10.1 Å². The molecule has 3 aliphatic carbocycles. The van der Waals surface area contributed by atoms with Crippen LogP contribution in [0.3, 0.4) is 0 Å². The average molecular weight is 479 g/mol. The number of fused-ring (bicyclic) bond motifs is 1. The molecule has 1 aromatic carbocycles. The van der Waals surface area contributed by atoms with Crippen LogP contribution in [0, 0.1) is 23.6 Å². The number of allylic oxidation sites excluding steroid dienone is 1. The summed E-state index contributed by atoms with van der Waals surface area (Å²) in [6, 6.07) is 1.22. The van der Waals surface area contributed by atoms with Crippen LogP contribution in [-0.2, 0) is 0 Å². The fourth-order valence-electron chi connectivity index (χ4n) is 6.89. The van der Waals surface area contributed by atoms with E-state index in [1.54, 1.807) is 4.40 Å². The predicted octanol–water partition coefficient (Wildman–Crippen LogP) is 3.03. The van der Waals surface area contributed by atoms with Crippen molar-refractivity contribution in [2.45, 2.75) is 25.3 Å². The van der Waals surface area contributed by atoms with Crippen molar-refractivity contribution in [1.82, 2.24) is 4.40 Å². The molecule has 0 spiro atoms. The lowest BCUT2D eigenvalue weighted by Gasteiger charge is -2.47. The number of nitrogens with two attached hydrogens (primary N) is 1. The number of hydrogen-bond donors (Lipinski definition) is 2. The van der Waals surface area contributed by atoms with Gasteiger partial charge in [-0.15, -0.1) is 11.3 Å². The quantitative estimate of drug-likeness (QED) is 0.441. The minimum absolute atomic E-state index is 0.0840. The highest BCUT2D eigenvalue weighted by Crippen LogP contribution is 2.51. The minimum atomic E-state index is -1.31. The van der Waals surface area contributed by atoms with Gasteiger partial charge >= 0.3 is 5.97 Å². The van der Waals surface area contributed by atoms with Gasteiger partial charge in [0.25, 0.3) is 0 Å². The lowest BCUT2D eigenvalue weighted by atomic mass is 9.60. The van der Waals surface area contributed by atoms with Crippen LogP contribution >= 0.6 is 11.3 Å². The Morgan fingerprint density at radius 2 is 2.24 bits per heavy atom. The van der Waals surface area contributed by atoms with Crippen molar-refractivity contribution in [2.24, 2.45) is 28.5 Å². The molecular weight excluding hydrogens is 455 g/mol. The van der Waals surface area contributed by atoms with Gasteiger partial charge in [0.15, 0.2) is 0 Å². The molecule has 34 heavy (non-hydrogen) atoms. The van der Waals surface area contributed by atoms with Gasteiger partial charge < -0.3 is 15.7 Å². The molecular formula is C25H23FN4O3S. The molecule has 4 unspecified atom stereocenters. The van der Waals surface area contributed by atoms with E-state index in [2.05, 4.69) is 17.1 Å². The fraction of sp³-hybridized carbons (Fsp3) is 0.400. The van der Waals surface area contributed by atoms with E-state index < -0.39 is 17.2 Å². The number of anilines is 1. The highest BCUT2D eigenvalue weighted by Gasteiger charge is 2.53. The summed E-state index contributed by atoms with van der Waals surface area (Å²) < 4.78 is 17.7. The topological polar surface area (TPSA) is 100 Å². The van der Waals surface area contributed by atoms with E-state index in [0.717, 1.165) is 12.8 Å². The SMILES string of the molecule is CCN=c1c2c(N3CC4C5C=CC(N)(CC5)C4C3)c(F)cc3c(=O)c(C(=O)O)c4scc1n4c32. The maximum Gasteiger partial charge on any atom is 0.342 e. The second kappa shape index (κ2) is 6.55. The Hall–Kier alpha value is -3.04. The maximum absolute atomic E-state index is 15.9. The second-order valence-corrected chi connectivity index (χ2v) is 10.8. The minimum Gasteiger partial charge on any atom is -0.477 e. The van der Waals surface area contributed by atoms with E-state index in [1.807, 2.05) is 12.3 Å². The molecule has 4 heterocycles. The molecule has 4 aromatic rings. The number of pyridine rings is 1. The van der Waals surface area contributed by atoms with E-state index in [9.17, 15) is 14.7 Å². The van der Waals surface area contributed by atoms with E-state index in [1.165, 1.54) is 17.4 Å². The molecule has 1 aliphatic heterocycles. The summed E-state index contributed by atoms with van der Waals surface area (Å²) in [5.41, 5.74) is 7.17. The van der Waals surface area contributed by atoms with Crippen molar-refractivity contribution in [1.29, 1.82) is 0 Å². The van der Waals surface area contributed by atoms with Crippen molar-refractivity contribution in [3.63, 3.8) is 0 Å². The van der Waals surface area contributed by atoms with Gasteiger partial charge in [0.2, 0.25) is 5.43 Å². The molecule has 7 nitrogen and oxygen atoms in total. The summed E-state index contributed by atoms with van der Waals surface area (Å²) in [6.45, 7) is 3.74. The van der Waals surface area contributed by atoms with Crippen LogP contribution in [0.15, 0.2) is 33.4 Å².